The molecule has 0 saturated carbocycles. The van der Waals surface area contributed by atoms with Gasteiger partial charge in [0.1, 0.15) is 9.84 Å². The molecule has 17 heavy (non-hydrogen) atoms. The monoisotopic (exact) mass is 403 g/mol. The zero-order valence-electron chi connectivity index (χ0n) is 9.66. The van der Waals surface area contributed by atoms with Gasteiger partial charge in [0.05, 0.1) is 13.3 Å². The molecular weight excluding hydrogens is 390 g/mol. The molecule has 98 valence electrons. The maximum absolute atomic E-state index is 11.4. The molecule has 0 aliphatic heterocycles. The Hall–Kier alpha value is 0.570. The fourth-order valence-corrected chi connectivity index (χ4v) is 5.35. The largest absolute Gasteiger partial charge is 0.309 e. The number of thiophene rings is 1. The molecule has 0 spiro atoms. The molecule has 0 aliphatic carbocycles. The van der Waals surface area contributed by atoms with E-state index < -0.39 is 9.84 Å². The first-order valence-electron chi connectivity index (χ1n) is 5.19. The van der Waals surface area contributed by atoms with Crippen molar-refractivity contribution in [2.75, 3.05) is 18.6 Å². The van der Waals surface area contributed by atoms with Crippen molar-refractivity contribution >= 4 is 53.0 Å². The van der Waals surface area contributed by atoms with Crippen molar-refractivity contribution in [1.82, 2.24) is 5.32 Å². The summed E-state index contributed by atoms with van der Waals surface area (Å²) in [6.07, 6.45) is 2.24. The first kappa shape index (κ1) is 15.6. The third-order valence-corrected chi connectivity index (χ3v) is 5.49. The second-order valence-corrected chi connectivity index (χ2v) is 9.81. The molecule has 7 heteroatoms. The maximum atomic E-state index is 11.4. The number of nitrogens with one attached hydrogen (secondary N) is 1. The molecule has 1 unspecified atom stereocenters. The van der Waals surface area contributed by atoms with E-state index in [9.17, 15) is 8.42 Å². The fraction of sp³-hybridized carbons (Fsp3) is 0.600. The maximum Gasteiger partial charge on any atom is 0.149 e. The van der Waals surface area contributed by atoms with E-state index in [0.717, 1.165) is 26.1 Å². The standard InChI is InChI=1S/C10H15Br2NO2S2/c1-3-4-13-8(6-17(2,14)15)7-5-9(11)16-10(7)12/h5,8,13H,3-4,6H2,1-2H3. The van der Waals surface area contributed by atoms with Gasteiger partial charge in [0.25, 0.3) is 0 Å². The summed E-state index contributed by atoms with van der Waals surface area (Å²) in [5, 5.41) is 3.27. The number of sulfone groups is 1. The van der Waals surface area contributed by atoms with Crippen LogP contribution in [0.15, 0.2) is 13.6 Å². The number of halogens is 2. The SMILES string of the molecule is CCCNC(CS(C)(=O)=O)c1cc(Br)sc1Br. The molecule has 1 rings (SSSR count). The van der Waals surface area contributed by atoms with Crippen molar-refractivity contribution in [3.8, 4) is 0 Å². The Bertz CT molecular complexity index is 471. The molecule has 0 saturated heterocycles. The molecular formula is C10H15Br2NO2S2. The lowest BCUT2D eigenvalue weighted by Gasteiger charge is -2.17. The van der Waals surface area contributed by atoms with Crippen LogP contribution >= 0.6 is 43.2 Å². The van der Waals surface area contributed by atoms with Crippen LogP contribution in [0.2, 0.25) is 0 Å². The summed E-state index contributed by atoms with van der Waals surface area (Å²) in [6.45, 7) is 2.86. The van der Waals surface area contributed by atoms with Crippen LogP contribution in [0.4, 0.5) is 0 Å². The summed E-state index contributed by atoms with van der Waals surface area (Å²) in [5.74, 6) is 0.120. The lowest BCUT2D eigenvalue weighted by atomic mass is 10.2. The highest BCUT2D eigenvalue weighted by molar-refractivity contribution is 9.12. The summed E-state index contributed by atoms with van der Waals surface area (Å²) in [7, 11) is -3.00. The van der Waals surface area contributed by atoms with E-state index in [2.05, 4.69) is 44.1 Å². The van der Waals surface area contributed by atoms with E-state index in [1.807, 2.05) is 6.07 Å². The van der Waals surface area contributed by atoms with Gasteiger partial charge in [0.15, 0.2) is 0 Å². The van der Waals surface area contributed by atoms with Crippen molar-refractivity contribution in [2.24, 2.45) is 0 Å². The molecule has 3 nitrogen and oxygen atoms in total. The van der Waals surface area contributed by atoms with E-state index in [0.29, 0.717) is 0 Å². The molecule has 0 fully saturated rings. The third-order valence-electron chi connectivity index (χ3n) is 2.17. The van der Waals surface area contributed by atoms with Gasteiger partial charge < -0.3 is 5.32 Å². The zero-order valence-corrected chi connectivity index (χ0v) is 14.5. The second kappa shape index (κ2) is 6.65. The van der Waals surface area contributed by atoms with E-state index in [-0.39, 0.29) is 11.8 Å². The molecule has 0 bridgehead atoms. The Morgan fingerprint density at radius 1 is 1.47 bits per heavy atom. The zero-order chi connectivity index (χ0) is 13.1. The molecule has 1 heterocycles. The van der Waals surface area contributed by atoms with Crippen LogP contribution in [0.25, 0.3) is 0 Å². The van der Waals surface area contributed by atoms with E-state index in [1.165, 1.54) is 6.26 Å². The van der Waals surface area contributed by atoms with Crippen LogP contribution in [0, 0.1) is 0 Å². The Labute approximate surface area is 123 Å². The molecule has 0 aromatic carbocycles. The molecule has 1 aromatic rings. The second-order valence-electron chi connectivity index (χ2n) is 3.88. The van der Waals surface area contributed by atoms with Gasteiger partial charge in [-0.1, -0.05) is 6.92 Å². The summed E-state index contributed by atoms with van der Waals surface area (Å²) in [6, 6.07) is 1.81. The highest BCUT2D eigenvalue weighted by Crippen LogP contribution is 2.35. The predicted octanol–water partition coefficient (Wildman–Crippen LogP) is 3.36. The Kier molecular flexibility index (Phi) is 6.12. The minimum Gasteiger partial charge on any atom is -0.309 e. The van der Waals surface area contributed by atoms with E-state index >= 15 is 0 Å². The summed E-state index contributed by atoms with van der Waals surface area (Å²) >= 11 is 8.44. The fourth-order valence-electron chi connectivity index (χ4n) is 1.47. The summed E-state index contributed by atoms with van der Waals surface area (Å²) in [5.41, 5.74) is 1.00. The van der Waals surface area contributed by atoms with Gasteiger partial charge in [-0.3, -0.25) is 0 Å². The topological polar surface area (TPSA) is 46.2 Å². The van der Waals surface area contributed by atoms with Crippen LogP contribution < -0.4 is 5.32 Å². The molecule has 1 atom stereocenters. The summed E-state index contributed by atoms with van der Waals surface area (Å²) < 4.78 is 24.8. The van der Waals surface area contributed by atoms with Gasteiger partial charge in [0.2, 0.25) is 0 Å². The van der Waals surface area contributed by atoms with Crippen molar-refractivity contribution in [3.05, 3.63) is 19.2 Å². The van der Waals surface area contributed by atoms with Gasteiger partial charge >= 0.3 is 0 Å². The minimum absolute atomic E-state index is 0.120. The Morgan fingerprint density at radius 3 is 2.53 bits per heavy atom. The van der Waals surface area contributed by atoms with Gasteiger partial charge in [-0.25, -0.2) is 8.42 Å². The Balaban J connectivity index is 2.93. The van der Waals surface area contributed by atoms with E-state index in [1.54, 1.807) is 11.3 Å². The van der Waals surface area contributed by atoms with E-state index in [4.69, 9.17) is 0 Å². The van der Waals surface area contributed by atoms with Crippen LogP contribution in [-0.4, -0.2) is 27.0 Å². The smallest absolute Gasteiger partial charge is 0.149 e. The van der Waals surface area contributed by atoms with Crippen LogP contribution in [0.5, 0.6) is 0 Å². The average Bonchev–Trinajstić information content (AvgIpc) is 2.50. The molecule has 1 aromatic heterocycles. The molecule has 0 aliphatic rings. The van der Waals surface area contributed by atoms with Gasteiger partial charge in [-0.15, -0.1) is 11.3 Å². The van der Waals surface area contributed by atoms with Gasteiger partial charge in [0, 0.05) is 12.3 Å². The number of hydrogen-bond acceptors (Lipinski definition) is 4. The van der Waals surface area contributed by atoms with Crippen molar-refractivity contribution < 1.29 is 8.42 Å². The third kappa shape index (κ3) is 5.38. The van der Waals surface area contributed by atoms with Gasteiger partial charge in [-0.2, -0.15) is 0 Å². The quantitative estimate of drug-likeness (QED) is 0.790. The normalized spacial score (nSPS) is 13.9. The lowest BCUT2D eigenvalue weighted by molar-refractivity contribution is 0.549. The molecule has 1 N–H and O–H groups in total. The molecule has 0 radical (unpaired) electrons. The van der Waals surface area contributed by atoms with Crippen LogP contribution in [-0.2, 0) is 9.84 Å². The van der Waals surface area contributed by atoms with Crippen molar-refractivity contribution in [3.63, 3.8) is 0 Å². The minimum atomic E-state index is -3.00. The highest BCUT2D eigenvalue weighted by atomic mass is 79.9. The van der Waals surface area contributed by atoms with Crippen molar-refractivity contribution in [2.45, 2.75) is 19.4 Å². The number of rotatable bonds is 6. The lowest BCUT2D eigenvalue weighted by Crippen LogP contribution is -2.28. The number of hydrogen-bond donors (Lipinski definition) is 1. The average molecular weight is 405 g/mol. The highest BCUT2D eigenvalue weighted by Gasteiger charge is 2.20. The van der Waals surface area contributed by atoms with Crippen LogP contribution in [0.1, 0.15) is 24.9 Å². The first-order valence-corrected chi connectivity index (χ1v) is 9.65. The Morgan fingerprint density at radius 2 is 2.12 bits per heavy atom. The first-order chi connectivity index (χ1) is 7.83. The summed E-state index contributed by atoms with van der Waals surface area (Å²) in [4.78, 5) is 0. The predicted molar refractivity (Wildman–Crippen MR) is 80.5 cm³/mol. The molecule has 0 amide bonds. The van der Waals surface area contributed by atoms with Crippen molar-refractivity contribution in [1.29, 1.82) is 0 Å². The van der Waals surface area contributed by atoms with Crippen LogP contribution in [0.3, 0.4) is 0 Å². The van der Waals surface area contributed by atoms with Gasteiger partial charge in [-0.05, 0) is 56.5 Å².